The maximum Gasteiger partial charge on any atom is 0.238 e. The van der Waals surface area contributed by atoms with Crippen molar-refractivity contribution in [3.8, 4) is 5.75 Å². The summed E-state index contributed by atoms with van der Waals surface area (Å²) in [5.74, 6) is 0.0602. The Morgan fingerprint density at radius 2 is 1.70 bits per heavy atom. The Hall–Kier alpha value is -3.24. The molecule has 0 bridgehead atoms. The van der Waals surface area contributed by atoms with Gasteiger partial charge in [0.15, 0.2) is 11.6 Å². The first-order valence-electron chi connectivity index (χ1n) is 10.1. The van der Waals surface area contributed by atoms with E-state index in [9.17, 15) is 12.8 Å². The van der Waals surface area contributed by atoms with Crippen LogP contribution in [0.2, 0.25) is 0 Å². The molecule has 0 aromatic heterocycles. The van der Waals surface area contributed by atoms with Crippen molar-refractivity contribution >= 4 is 10.0 Å². The van der Waals surface area contributed by atoms with E-state index in [1.807, 2.05) is 30.3 Å². The van der Waals surface area contributed by atoms with Crippen LogP contribution < -0.4 is 15.4 Å². The van der Waals surface area contributed by atoms with Gasteiger partial charge in [-0.25, -0.2) is 17.9 Å². The molecule has 33 heavy (non-hydrogen) atoms. The van der Waals surface area contributed by atoms with Gasteiger partial charge in [-0.2, -0.15) is 0 Å². The third kappa shape index (κ3) is 4.91. The molecule has 3 aromatic carbocycles. The quantitative estimate of drug-likeness (QED) is 0.524. The zero-order chi connectivity index (χ0) is 23.5. The highest BCUT2D eigenvalue weighted by Crippen LogP contribution is 2.38. The van der Waals surface area contributed by atoms with E-state index >= 15 is 0 Å². The van der Waals surface area contributed by atoms with E-state index < -0.39 is 21.4 Å². The van der Waals surface area contributed by atoms with Gasteiger partial charge >= 0.3 is 0 Å². The number of ether oxygens (including phenoxy) is 2. The largest absolute Gasteiger partial charge is 0.494 e. The van der Waals surface area contributed by atoms with Crippen molar-refractivity contribution in [1.82, 2.24) is 5.48 Å². The molecule has 1 heterocycles. The van der Waals surface area contributed by atoms with Crippen LogP contribution in [-0.4, -0.2) is 22.1 Å². The molecule has 0 aliphatic carbocycles. The Morgan fingerprint density at radius 1 is 1.00 bits per heavy atom. The Kier molecular flexibility index (Phi) is 6.48. The molecule has 1 aliphatic heterocycles. The Balaban J connectivity index is 1.67. The standard InChI is InChI=1S/C24H23FN2O5S/c1-30-23-12-9-19(13-22(23)25)24(18-7-10-21(11-8-18)33(26,28)29)14-20(32-27-24)16-31-15-17-5-3-2-4-6-17/h2-14,27H,15-16H2,1H3,(H2,26,28,29). The highest BCUT2D eigenvalue weighted by Gasteiger charge is 2.39. The van der Waals surface area contributed by atoms with Gasteiger partial charge in [-0.15, -0.1) is 5.48 Å². The fourth-order valence-electron chi connectivity index (χ4n) is 3.63. The molecule has 0 radical (unpaired) electrons. The van der Waals surface area contributed by atoms with Crippen LogP contribution in [0.1, 0.15) is 16.7 Å². The monoisotopic (exact) mass is 470 g/mol. The van der Waals surface area contributed by atoms with E-state index in [1.54, 1.807) is 24.3 Å². The molecule has 9 heteroatoms. The molecule has 172 valence electrons. The average Bonchev–Trinajstić information content (AvgIpc) is 3.25. The van der Waals surface area contributed by atoms with Crippen molar-refractivity contribution in [3.05, 3.63) is 107 Å². The maximum atomic E-state index is 14.6. The number of nitrogens with two attached hydrogens (primary N) is 1. The zero-order valence-electron chi connectivity index (χ0n) is 17.8. The first kappa shape index (κ1) is 22.9. The second kappa shape index (κ2) is 9.32. The van der Waals surface area contributed by atoms with Crippen molar-refractivity contribution in [3.63, 3.8) is 0 Å². The van der Waals surface area contributed by atoms with Crippen LogP contribution >= 0.6 is 0 Å². The molecule has 3 N–H and O–H groups in total. The molecular weight excluding hydrogens is 447 g/mol. The van der Waals surface area contributed by atoms with E-state index in [2.05, 4.69) is 5.48 Å². The second-order valence-corrected chi connectivity index (χ2v) is 9.08. The molecule has 3 aromatic rings. The second-order valence-electron chi connectivity index (χ2n) is 7.52. The zero-order valence-corrected chi connectivity index (χ0v) is 18.6. The number of hydrogen-bond donors (Lipinski definition) is 2. The summed E-state index contributed by atoms with van der Waals surface area (Å²) in [5.41, 5.74) is 4.05. The van der Waals surface area contributed by atoms with E-state index in [-0.39, 0.29) is 17.3 Å². The van der Waals surface area contributed by atoms with Gasteiger partial charge in [0.05, 0.1) is 18.6 Å². The summed E-state index contributed by atoms with van der Waals surface area (Å²) in [4.78, 5) is 5.67. The smallest absolute Gasteiger partial charge is 0.238 e. The Morgan fingerprint density at radius 3 is 2.33 bits per heavy atom. The molecule has 0 amide bonds. The van der Waals surface area contributed by atoms with Crippen LogP contribution in [0.4, 0.5) is 4.39 Å². The Bertz CT molecular complexity index is 1260. The number of hydrogen-bond acceptors (Lipinski definition) is 6. The maximum absolute atomic E-state index is 14.6. The first-order chi connectivity index (χ1) is 15.8. The lowest BCUT2D eigenvalue weighted by Gasteiger charge is -2.27. The molecule has 1 aliphatic rings. The highest BCUT2D eigenvalue weighted by molar-refractivity contribution is 7.89. The minimum Gasteiger partial charge on any atom is -0.494 e. The van der Waals surface area contributed by atoms with E-state index in [4.69, 9.17) is 19.5 Å². The van der Waals surface area contributed by atoms with Crippen molar-refractivity contribution in [2.45, 2.75) is 17.0 Å². The first-order valence-corrected chi connectivity index (χ1v) is 11.6. The van der Waals surface area contributed by atoms with E-state index in [0.717, 1.165) is 5.56 Å². The normalized spacial score (nSPS) is 18.0. The number of methoxy groups -OCH3 is 1. The average molecular weight is 471 g/mol. The van der Waals surface area contributed by atoms with Crippen molar-refractivity contribution in [2.24, 2.45) is 5.14 Å². The van der Waals surface area contributed by atoms with Crippen LogP contribution in [0, 0.1) is 5.82 Å². The van der Waals surface area contributed by atoms with Gasteiger partial charge in [-0.3, -0.25) is 0 Å². The third-order valence-corrected chi connectivity index (χ3v) is 6.25. The number of hydroxylamine groups is 1. The van der Waals surface area contributed by atoms with Gasteiger partial charge in [0.2, 0.25) is 10.0 Å². The predicted molar refractivity (Wildman–Crippen MR) is 120 cm³/mol. The van der Waals surface area contributed by atoms with Crippen LogP contribution in [0.3, 0.4) is 0 Å². The summed E-state index contributed by atoms with van der Waals surface area (Å²) < 4.78 is 48.7. The van der Waals surface area contributed by atoms with Gasteiger partial charge in [0.1, 0.15) is 17.9 Å². The van der Waals surface area contributed by atoms with Gasteiger partial charge in [-0.1, -0.05) is 48.5 Å². The summed E-state index contributed by atoms with van der Waals surface area (Å²) >= 11 is 0. The van der Waals surface area contributed by atoms with Crippen LogP contribution in [0.25, 0.3) is 0 Å². The molecule has 0 saturated carbocycles. The molecule has 0 spiro atoms. The third-order valence-electron chi connectivity index (χ3n) is 5.32. The number of primary sulfonamides is 1. The molecule has 1 atom stereocenters. The summed E-state index contributed by atoms with van der Waals surface area (Å²) in [5, 5.41) is 5.22. The summed E-state index contributed by atoms with van der Waals surface area (Å²) in [6.07, 6.45) is 1.78. The van der Waals surface area contributed by atoms with Crippen molar-refractivity contribution in [1.29, 1.82) is 0 Å². The number of rotatable bonds is 8. The fraction of sp³-hybridized carbons (Fsp3) is 0.167. The minimum atomic E-state index is -3.86. The molecule has 1 unspecified atom stereocenters. The molecular formula is C24H23FN2O5S. The summed E-state index contributed by atoms with van der Waals surface area (Å²) in [6, 6.07) is 20.3. The topological polar surface area (TPSA) is 99.9 Å². The number of benzene rings is 3. The lowest BCUT2D eigenvalue weighted by Crippen LogP contribution is -2.37. The molecule has 7 nitrogen and oxygen atoms in total. The molecule has 0 fully saturated rings. The van der Waals surface area contributed by atoms with E-state index in [0.29, 0.717) is 23.5 Å². The SMILES string of the molecule is COc1ccc(C2(c3ccc(S(N)(=O)=O)cc3)C=C(COCc3ccccc3)ON2)cc1F. The predicted octanol–water partition coefficient (Wildman–Crippen LogP) is 3.36. The number of halogens is 1. The van der Waals surface area contributed by atoms with Crippen molar-refractivity contribution < 1.29 is 27.1 Å². The van der Waals surface area contributed by atoms with Gasteiger partial charge in [0, 0.05) is 0 Å². The highest BCUT2D eigenvalue weighted by atomic mass is 32.2. The van der Waals surface area contributed by atoms with Gasteiger partial charge < -0.3 is 14.3 Å². The van der Waals surface area contributed by atoms with Crippen LogP contribution in [-0.2, 0) is 31.7 Å². The fourth-order valence-corrected chi connectivity index (χ4v) is 4.15. The van der Waals surface area contributed by atoms with Gasteiger partial charge in [-0.05, 0) is 47.0 Å². The summed E-state index contributed by atoms with van der Waals surface area (Å²) in [7, 11) is -2.47. The number of nitrogens with one attached hydrogen (secondary N) is 1. The van der Waals surface area contributed by atoms with E-state index in [1.165, 1.54) is 31.4 Å². The molecule has 4 rings (SSSR count). The molecule has 0 saturated heterocycles. The van der Waals surface area contributed by atoms with Crippen molar-refractivity contribution in [2.75, 3.05) is 13.7 Å². The lowest BCUT2D eigenvalue weighted by atomic mass is 9.83. The Labute approximate surface area is 191 Å². The number of sulfonamides is 1. The van der Waals surface area contributed by atoms with Crippen LogP contribution in [0.5, 0.6) is 5.75 Å². The lowest BCUT2D eigenvalue weighted by molar-refractivity contribution is 0.0443. The van der Waals surface area contributed by atoms with Crippen LogP contribution in [0.15, 0.2) is 89.5 Å². The van der Waals surface area contributed by atoms with Gasteiger partial charge in [0.25, 0.3) is 0 Å². The minimum absolute atomic E-state index is 0.0309. The summed E-state index contributed by atoms with van der Waals surface area (Å²) in [6.45, 7) is 0.576.